The molecule has 0 aromatic carbocycles. The molecule has 1 aliphatic carbocycles. The third-order valence-corrected chi connectivity index (χ3v) is 5.86. The van der Waals surface area contributed by atoms with Gasteiger partial charge in [-0.1, -0.05) is 13.8 Å². The number of ether oxygens (including phenoxy) is 1. The minimum absolute atomic E-state index is 0.103. The van der Waals surface area contributed by atoms with Crippen LogP contribution in [-0.2, 0) is 13.8 Å². The highest BCUT2D eigenvalue weighted by Crippen LogP contribution is 2.36. The van der Waals surface area contributed by atoms with E-state index in [-0.39, 0.29) is 26.8 Å². The van der Waals surface area contributed by atoms with Crippen LogP contribution in [0.2, 0.25) is 0 Å². The van der Waals surface area contributed by atoms with Gasteiger partial charge >= 0.3 is 5.97 Å². The molecule has 1 saturated carbocycles. The highest BCUT2D eigenvalue weighted by Gasteiger charge is 2.30. The summed E-state index contributed by atoms with van der Waals surface area (Å²) in [6.07, 6.45) is 3.38. The first kappa shape index (κ1) is 16.8. The van der Waals surface area contributed by atoms with Gasteiger partial charge in [0.25, 0.3) is 9.05 Å². The fourth-order valence-electron chi connectivity index (χ4n) is 2.32. The van der Waals surface area contributed by atoms with Gasteiger partial charge in [0, 0.05) is 16.7 Å². The summed E-state index contributed by atoms with van der Waals surface area (Å²) in [5.74, 6) is -0.849. The first-order chi connectivity index (χ1) is 9.58. The van der Waals surface area contributed by atoms with Gasteiger partial charge in [0.05, 0.1) is 0 Å². The minimum Gasteiger partial charge on any atom is -0.457 e. The molecule has 1 aromatic heterocycles. The zero-order valence-corrected chi connectivity index (χ0v) is 14.8. The van der Waals surface area contributed by atoms with Crippen LogP contribution < -0.4 is 0 Å². The number of halogens is 2. The molecule has 21 heavy (non-hydrogen) atoms. The highest BCUT2D eigenvalue weighted by molar-refractivity contribution is 9.10. The van der Waals surface area contributed by atoms with E-state index in [9.17, 15) is 13.2 Å². The first-order valence-electron chi connectivity index (χ1n) is 6.53. The second-order valence-corrected chi connectivity index (χ2v) is 9.21. The van der Waals surface area contributed by atoms with Gasteiger partial charge in [-0.25, -0.2) is 13.2 Å². The lowest BCUT2D eigenvalue weighted by Gasteiger charge is -2.33. The van der Waals surface area contributed by atoms with Crippen LogP contribution in [-0.4, -0.2) is 20.5 Å². The number of carbonyl (C=O) groups is 1. The first-order valence-corrected chi connectivity index (χ1v) is 9.64. The fourth-order valence-corrected chi connectivity index (χ4v) is 4.35. The van der Waals surface area contributed by atoms with Crippen LogP contribution in [0.5, 0.6) is 0 Å². The van der Waals surface area contributed by atoms with E-state index in [1.165, 1.54) is 0 Å². The van der Waals surface area contributed by atoms with Crippen LogP contribution in [0, 0.1) is 5.41 Å². The highest BCUT2D eigenvalue weighted by atomic mass is 79.9. The third kappa shape index (κ3) is 4.23. The van der Waals surface area contributed by atoms with Gasteiger partial charge in [0.1, 0.15) is 11.0 Å². The molecule has 8 heteroatoms. The molecule has 0 N–H and O–H groups in total. The lowest BCUT2D eigenvalue weighted by atomic mass is 9.76. The van der Waals surface area contributed by atoms with Gasteiger partial charge in [-0.2, -0.15) is 0 Å². The van der Waals surface area contributed by atoms with E-state index in [0.717, 1.165) is 31.7 Å². The molecule has 0 bridgehead atoms. The van der Waals surface area contributed by atoms with E-state index >= 15 is 0 Å². The molecule has 1 heterocycles. The average Bonchev–Trinajstić information content (AvgIpc) is 2.74. The molecule has 2 rings (SSSR count). The average molecular weight is 400 g/mol. The smallest absolute Gasteiger partial charge is 0.374 e. The third-order valence-electron chi connectivity index (χ3n) is 3.68. The van der Waals surface area contributed by atoms with Crippen molar-refractivity contribution in [3.8, 4) is 0 Å². The van der Waals surface area contributed by atoms with Crippen molar-refractivity contribution in [2.75, 3.05) is 0 Å². The molecule has 1 fully saturated rings. The van der Waals surface area contributed by atoms with Crippen LogP contribution >= 0.6 is 26.6 Å². The summed E-state index contributed by atoms with van der Waals surface area (Å²) in [7, 11) is 1.26. The summed E-state index contributed by atoms with van der Waals surface area (Å²) < 4.78 is 32.9. The summed E-state index contributed by atoms with van der Waals surface area (Å²) >= 11 is 2.92. The molecule has 0 unspecified atom stereocenters. The van der Waals surface area contributed by atoms with Crippen LogP contribution in [0.4, 0.5) is 0 Å². The summed E-state index contributed by atoms with van der Waals surface area (Å²) in [4.78, 5) is 11.7. The maximum absolute atomic E-state index is 12.0. The van der Waals surface area contributed by atoms with Crippen molar-refractivity contribution in [3.05, 3.63) is 16.5 Å². The predicted molar refractivity (Wildman–Crippen MR) is 80.9 cm³/mol. The van der Waals surface area contributed by atoms with Crippen molar-refractivity contribution in [1.29, 1.82) is 0 Å². The monoisotopic (exact) mass is 398 g/mol. The SMILES string of the molecule is CC1(C)CCC(OC(=O)c2cc(S(=O)(=O)Cl)c(Br)o2)CC1. The Balaban J connectivity index is 2.05. The van der Waals surface area contributed by atoms with Crippen molar-refractivity contribution in [1.82, 2.24) is 0 Å². The minimum atomic E-state index is -3.97. The van der Waals surface area contributed by atoms with Gasteiger partial charge in [-0.15, -0.1) is 0 Å². The van der Waals surface area contributed by atoms with E-state index < -0.39 is 15.0 Å². The Morgan fingerprint density at radius 2 is 2.00 bits per heavy atom. The van der Waals surface area contributed by atoms with Gasteiger partial charge < -0.3 is 9.15 Å². The number of rotatable bonds is 3. The van der Waals surface area contributed by atoms with Crippen LogP contribution in [0.25, 0.3) is 0 Å². The Hall–Kier alpha value is -0.530. The van der Waals surface area contributed by atoms with Crippen molar-refractivity contribution in [2.45, 2.75) is 50.5 Å². The molecule has 0 amide bonds. The molecule has 5 nitrogen and oxygen atoms in total. The Kier molecular flexibility index (Phi) is 4.75. The van der Waals surface area contributed by atoms with Gasteiger partial charge in [-0.05, 0) is 47.0 Å². The molecule has 118 valence electrons. The van der Waals surface area contributed by atoms with E-state index in [4.69, 9.17) is 19.8 Å². The number of esters is 1. The quantitative estimate of drug-likeness (QED) is 0.565. The van der Waals surface area contributed by atoms with Gasteiger partial charge in [-0.3, -0.25) is 0 Å². The zero-order valence-electron chi connectivity index (χ0n) is 11.7. The van der Waals surface area contributed by atoms with Crippen LogP contribution in [0.15, 0.2) is 20.0 Å². The zero-order chi connectivity index (χ0) is 15.8. The fraction of sp³-hybridized carbons (Fsp3) is 0.615. The van der Waals surface area contributed by atoms with E-state index in [1.54, 1.807) is 0 Å². The Morgan fingerprint density at radius 3 is 2.48 bits per heavy atom. The van der Waals surface area contributed by atoms with E-state index in [1.807, 2.05) is 0 Å². The van der Waals surface area contributed by atoms with E-state index in [2.05, 4.69) is 29.8 Å². The largest absolute Gasteiger partial charge is 0.457 e. The van der Waals surface area contributed by atoms with Crippen molar-refractivity contribution in [3.63, 3.8) is 0 Å². The standard InChI is InChI=1S/C13H16BrClO5S/c1-13(2)5-3-8(4-6-13)19-12(16)9-7-10(11(14)20-9)21(15,17)18/h7-8H,3-6H2,1-2H3. The van der Waals surface area contributed by atoms with Gasteiger partial charge in [0.15, 0.2) is 4.67 Å². The predicted octanol–water partition coefficient (Wildman–Crippen LogP) is 4.10. The molecular weight excluding hydrogens is 384 g/mol. The lowest BCUT2D eigenvalue weighted by Crippen LogP contribution is -2.28. The van der Waals surface area contributed by atoms with Crippen molar-refractivity contribution < 1.29 is 22.4 Å². The van der Waals surface area contributed by atoms with Crippen molar-refractivity contribution >= 4 is 41.6 Å². The number of hydrogen-bond donors (Lipinski definition) is 0. The molecule has 0 saturated heterocycles. The number of furan rings is 1. The molecule has 1 aromatic rings. The molecule has 0 spiro atoms. The van der Waals surface area contributed by atoms with Crippen molar-refractivity contribution in [2.24, 2.45) is 5.41 Å². The second-order valence-electron chi connectivity index (χ2n) is 5.96. The molecule has 0 atom stereocenters. The summed E-state index contributed by atoms with van der Waals surface area (Å²) in [5.41, 5.74) is 0.274. The lowest BCUT2D eigenvalue weighted by molar-refractivity contribution is 0.00637. The molecule has 0 aliphatic heterocycles. The molecule has 1 aliphatic rings. The van der Waals surface area contributed by atoms with E-state index in [0.29, 0.717) is 0 Å². The normalized spacial score (nSPS) is 19.4. The van der Waals surface area contributed by atoms with Gasteiger partial charge in [0.2, 0.25) is 5.76 Å². The number of hydrogen-bond acceptors (Lipinski definition) is 5. The Bertz CT molecular complexity index is 640. The molecule has 0 radical (unpaired) electrons. The molecular formula is C13H16BrClO5S. The van der Waals surface area contributed by atoms with Crippen LogP contribution in [0.1, 0.15) is 50.1 Å². The number of carbonyl (C=O) groups excluding carboxylic acids is 1. The van der Waals surface area contributed by atoms with Crippen LogP contribution in [0.3, 0.4) is 0 Å². The maximum atomic E-state index is 12.0. The topological polar surface area (TPSA) is 73.6 Å². The second kappa shape index (κ2) is 5.93. The summed E-state index contributed by atoms with van der Waals surface area (Å²) in [6.45, 7) is 4.37. The Labute approximate surface area is 136 Å². The summed E-state index contributed by atoms with van der Waals surface area (Å²) in [5, 5.41) is 0. The maximum Gasteiger partial charge on any atom is 0.374 e. The Morgan fingerprint density at radius 1 is 1.43 bits per heavy atom. The summed E-state index contributed by atoms with van der Waals surface area (Å²) in [6, 6.07) is 1.07.